The summed E-state index contributed by atoms with van der Waals surface area (Å²) in [5.74, 6) is -0.936. The molecule has 106 valence electrons. The molecule has 0 heterocycles. The minimum Gasteiger partial charge on any atom is -0.508 e. The van der Waals surface area contributed by atoms with E-state index in [9.17, 15) is 10.2 Å². The van der Waals surface area contributed by atoms with Crippen molar-refractivity contribution in [2.24, 2.45) is 0 Å². The fraction of sp³-hybridized carbons (Fsp3) is 0.625. The highest BCUT2D eigenvalue weighted by molar-refractivity contribution is 5.30. The molecule has 3 heteroatoms. The van der Waals surface area contributed by atoms with Crippen molar-refractivity contribution in [1.82, 2.24) is 4.90 Å². The molecule has 1 aliphatic carbocycles. The number of hydrogen-bond acceptors (Lipinski definition) is 3. The Labute approximate surface area is 122 Å². The Morgan fingerprint density at radius 3 is 2.58 bits per heavy atom. The van der Waals surface area contributed by atoms with E-state index in [0.717, 1.165) is 19.3 Å². The molecule has 2 rings (SSSR count). The fourth-order valence-corrected chi connectivity index (χ4v) is 2.96. The molecule has 1 saturated carbocycles. The number of hydrogen-bond donors (Lipinski definition) is 2. The highest BCUT2D eigenvalue weighted by Crippen LogP contribution is 2.40. The number of nitrogens with zero attached hydrogens (tertiary/aromatic N) is 1. The largest absolute Gasteiger partial charge is 0.508 e. The topological polar surface area (TPSA) is 43.7 Å². The van der Waals surface area contributed by atoms with Crippen LogP contribution in [-0.4, -0.2) is 41.3 Å². The molecule has 19 heavy (non-hydrogen) atoms. The fourth-order valence-electron chi connectivity index (χ4n) is 2.96. The Hall–Kier alpha value is -1.06. The monoisotopic (exact) mass is 268 g/mol. The van der Waals surface area contributed by atoms with Crippen LogP contribution in [-0.2, 0) is 0 Å². The van der Waals surface area contributed by atoms with Crippen molar-refractivity contribution in [3.8, 4) is 5.75 Å². The van der Waals surface area contributed by atoms with Gasteiger partial charge in [-0.1, -0.05) is 31.4 Å². The minimum atomic E-state index is -2.28. The van der Waals surface area contributed by atoms with Gasteiger partial charge in [0, 0.05) is 16.6 Å². The number of likely N-dealkylation sites (N-methyl/N-ethyl adjacent to an activating group) is 1. The van der Waals surface area contributed by atoms with Crippen molar-refractivity contribution in [3.05, 3.63) is 29.8 Å². The molecule has 1 atom stereocenters. The lowest BCUT2D eigenvalue weighted by Crippen LogP contribution is -2.42. The average Bonchev–Trinajstić information content (AvgIpc) is 2.49. The van der Waals surface area contributed by atoms with Gasteiger partial charge in [-0.3, -0.25) is 0 Å². The van der Waals surface area contributed by atoms with Crippen LogP contribution < -0.4 is 0 Å². The smallest absolute Gasteiger partial charge is 0.115 e. The molecule has 0 bridgehead atoms. The molecule has 0 aromatic heterocycles. The van der Waals surface area contributed by atoms with Crippen molar-refractivity contribution < 1.29 is 17.1 Å². The molecule has 0 spiro atoms. The lowest BCUT2D eigenvalue weighted by molar-refractivity contribution is -0.0277. The summed E-state index contributed by atoms with van der Waals surface area (Å²) in [5.41, 5.74) is -0.531. The molecule has 1 fully saturated rings. The standard InChI is InChI=1S/C16H25NO2/c1-17(2)12-15(13-6-8-14(18)9-7-13)16(19)10-4-3-5-11-16/h6-9,15,18-19H,3-5,10-12H2,1-2H3/i1D3,8D,9D. The van der Waals surface area contributed by atoms with E-state index in [1.807, 2.05) is 0 Å². The third-order valence-electron chi connectivity index (χ3n) is 3.98. The Bertz CT molecular complexity index is 561. The van der Waals surface area contributed by atoms with E-state index >= 15 is 0 Å². The van der Waals surface area contributed by atoms with Crippen LogP contribution in [0.4, 0.5) is 0 Å². The summed E-state index contributed by atoms with van der Waals surface area (Å²) in [6.45, 7) is -2.19. The molecule has 0 amide bonds. The zero-order valence-corrected chi connectivity index (χ0v) is 11.3. The second kappa shape index (κ2) is 5.93. The number of rotatable bonds is 4. The van der Waals surface area contributed by atoms with Crippen molar-refractivity contribution in [3.63, 3.8) is 0 Å². The molecule has 1 aliphatic rings. The van der Waals surface area contributed by atoms with Crippen LogP contribution >= 0.6 is 0 Å². The lowest BCUT2D eigenvalue weighted by atomic mass is 9.72. The summed E-state index contributed by atoms with van der Waals surface area (Å²) < 4.78 is 38.3. The number of benzene rings is 1. The van der Waals surface area contributed by atoms with Gasteiger partial charge < -0.3 is 15.1 Å². The zero-order chi connectivity index (χ0) is 18.1. The van der Waals surface area contributed by atoms with Crippen LogP contribution in [0.25, 0.3) is 0 Å². The van der Waals surface area contributed by atoms with Gasteiger partial charge in [-0.25, -0.2) is 0 Å². The van der Waals surface area contributed by atoms with E-state index in [1.165, 1.54) is 24.1 Å². The highest BCUT2D eigenvalue weighted by atomic mass is 16.3. The van der Waals surface area contributed by atoms with Gasteiger partial charge in [0.25, 0.3) is 0 Å². The van der Waals surface area contributed by atoms with Gasteiger partial charge in [-0.05, 0) is 44.5 Å². The van der Waals surface area contributed by atoms with E-state index in [4.69, 9.17) is 6.85 Å². The zero-order valence-electron chi connectivity index (χ0n) is 16.3. The van der Waals surface area contributed by atoms with Gasteiger partial charge in [-0.15, -0.1) is 0 Å². The second-order valence-electron chi connectivity index (χ2n) is 5.52. The van der Waals surface area contributed by atoms with Crippen molar-refractivity contribution >= 4 is 0 Å². The highest BCUT2D eigenvalue weighted by Gasteiger charge is 2.38. The molecular weight excluding hydrogens is 238 g/mol. The summed E-state index contributed by atoms with van der Waals surface area (Å²) >= 11 is 0. The predicted octanol–water partition coefficient (Wildman–Crippen LogP) is 2.73. The van der Waals surface area contributed by atoms with E-state index < -0.39 is 24.2 Å². The molecule has 0 radical (unpaired) electrons. The van der Waals surface area contributed by atoms with Crippen LogP contribution in [0.5, 0.6) is 5.75 Å². The third kappa shape index (κ3) is 3.48. The van der Waals surface area contributed by atoms with Gasteiger partial charge in [0.1, 0.15) is 5.75 Å². The second-order valence-corrected chi connectivity index (χ2v) is 5.52. The first-order valence-electron chi connectivity index (χ1n) is 9.28. The molecule has 1 unspecified atom stereocenters. The lowest BCUT2D eigenvalue weighted by Gasteiger charge is -2.40. The first kappa shape index (κ1) is 8.98. The van der Waals surface area contributed by atoms with E-state index in [0.29, 0.717) is 18.4 Å². The predicted molar refractivity (Wildman–Crippen MR) is 77.4 cm³/mol. The summed E-state index contributed by atoms with van der Waals surface area (Å²) in [6.07, 6.45) is 3.89. The van der Waals surface area contributed by atoms with Crippen molar-refractivity contribution in [2.45, 2.75) is 43.6 Å². The Kier molecular flexibility index (Phi) is 2.80. The van der Waals surface area contributed by atoms with Crippen LogP contribution in [0.15, 0.2) is 24.2 Å². The Morgan fingerprint density at radius 1 is 1.37 bits per heavy atom. The van der Waals surface area contributed by atoms with Gasteiger partial charge in [0.2, 0.25) is 0 Å². The van der Waals surface area contributed by atoms with Gasteiger partial charge >= 0.3 is 0 Å². The number of aliphatic hydroxyl groups is 1. The Balaban J connectivity index is 2.42. The molecule has 2 N–H and O–H groups in total. The van der Waals surface area contributed by atoms with E-state index in [-0.39, 0.29) is 18.6 Å². The quantitative estimate of drug-likeness (QED) is 0.882. The number of aromatic hydroxyl groups is 1. The third-order valence-corrected chi connectivity index (χ3v) is 3.98. The molecule has 3 nitrogen and oxygen atoms in total. The summed E-state index contributed by atoms with van der Waals surface area (Å²) in [7, 11) is 1.48. The Morgan fingerprint density at radius 2 is 2.00 bits per heavy atom. The molecular formula is C16H25NO2. The molecule has 1 aromatic carbocycles. The maximum absolute atomic E-state index is 11.2. The maximum Gasteiger partial charge on any atom is 0.115 e. The molecule has 0 saturated heterocycles. The van der Waals surface area contributed by atoms with Crippen molar-refractivity contribution in [2.75, 3.05) is 20.6 Å². The summed E-state index contributed by atoms with van der Waals surface area (Å²) in [6, 6.07) is 2.49. The summed E-state index contributed by atoms with van der Waals surface area (Å²) in [4.78, 5) is 1.21. The van der Waals surface area contributed by atoms with Crippen LogP contribution in [0, 0.1) is 0 Å². The van der Waals surface area contributed by atoms with Gasteiger partial charge in [-0.2, -0.15) is 0 Å². The molecule has 1 aromatic rings. The van der Waals surface area contributed by atoms with Gasteiger partial charge in [0.05, 0.1) is 8.34 Å². The normalized spacial score (nSPS) is 24.9. The first-order chi connectivity index (χ1) is 11.0. The van der Waals surface area contributed by atoms with Crippen LogP contribution in [0.2, 0.25) is 0 Å². The number of phenols is 1. The van der Waals surface area contributed by atoms with Crippen LogP contribution in [0.3, 0.4) is 0 Å². The molecule has 0 aliphatic heterocycles. The van der Waals surface area contributed by atoms with E-state index in [2.05, 4.69) is 0 Å². The van der Waals surface area contributed by atoms with E-state index in [1.54, 1.807) is 0 Å². The maximum atomic E-state index is 11.2. The number of phenolic OH excluding ortho intramolecular Hbond substituents is 1. The van der Waals surface area contributed by atoms with Crippen LogP contribution in [0.1, 0.15) is 50.4 Å². The summed E-state index contributed by atoms with van der Waals surface area (Å²) in [5, 5.41) is 20.8. The van der Waals surface area contributed by atoms with Crippen molar-refractivity contribution in [1.29, 1.82) is 0 Å². The SMILES string of the molecule is [2H]c1cc(C(CN(C)C([2H])([2H])[2H])C2(O)CCCCC2)cc([2H])c1O. The average molecular weight is 268 g/mol. The van der Waals surface area contributed by atoms with Gasteiger partial charge in [0.15, 0.2) is 0 Å². The first-order valence-corrected chi connectivity index (χ1v) is 6.78. The minimum absolute atomic E-state index is 0.0939.